The van der Waals surface area contributed by atoms with Crippen molar-refractivity contribution in [2.75, 3.05) is 19.7 Å². The molecule has 1 spiro atoms. The van der Waals surface area contributed by atoms with Gasteiger partial charge in [0.2, 0.25) is 5.91 Å². The van der Waals surface area contributed by atoms with Gasteiger partial charge in [-0.1, -0.05) is 18.2 Å². The number of carbonyl (C=O) groups excluding carboxylic acids is 1. The zero-order valence-electron chi connectivity index (χ0n) is 14.0. The largest absolute Gasteiger partial charge is 0.493 e. The minimum atomic E-state index is -0.816. The molecule has 0 bridgehead atoms. The van der Waals surface area contributed by atoms with Crippen LogP contribution in [0.25, 0.3) is 0 Å². The lowest BCUT2D eigenvalue weighted by Crippen LogP contribution is -2.49. The van der Waals surface area contributed by atoms with Gasteiger partial charge in [-0.25, -0.2) is 0 Å². The van der Waals surface area contributed by atoms with Gasteiger partial charge in [0, 0.05) is 30.0 Å². The van der Waals surface area contributed by atoms with Gasteiger partial charge in [0.15, 0.2) is 0 Å². The van der Waals surface area contributed by atoms with Crippen LogP contribution in [0.5, 0.6) is 5.75 Å². The summed E-state index contributed by atoms with van der Waals surface area (Å²) in [4.78, 5) is 26.4. The Morgan fingerprint density at radius 3 is 2.88 bits per heavy atom. The predicted molar refractivity (Wildman–Crippen MR) is 87.9 cm³/mol. The third kappa shape index (κ3) is 2.21. The highest BCUT2D eigenvalue weighted by Crippen LogP contribution is 2.61. The fraction of sp³-hybridized carbons (Fsp3) is 0.579. The van der Waals surface area contributed by atoms with E-state index in [1.807, 2.05) is 18.2 Å². The van der Waals surface area contributed by atoms with Gasteiger partial charge in [-0.3, -0.25) is 9.59 Å². The summed E-state index contributed by atoms with van der Waals surface area (Å²) < 4.78 is 5.73. The van der Waals surface area contributed by atoms with Crippen molar-refractivity contribution in [1.82, 2.24) is 4.90 Å². The molecule has 24 heavy (non-hydrogen) atoms. The number of aliphatic carboxylic acids is 1. The normalized spacial score (nSPS) is 34.4. The summed E-state index contributed by atoms with van der Waals surface area (Å²) in [6.45, 7) is 3.40. The molecule has 1 aliphatic carbocycles. The van der Waals surface area contributed by atoms with Crippen LogP contribution in [0.15, 0.2) is 24.3 Å². The molecule has 3 atom stereocenters. The number of carbonyl (C=O) groups is 2. The Balaban J connectivity index is 1.55. The van der Waals surface area contributed by atoms with Crippen molar-refractivity contribution in [3.8, 4) is 5.75 Å². The van der Waals surface area contributed by atoms with E-state index in [0.29, 0.717) is 26.1 Å². The van der Waals surface area contributed by atoms with E-state index in [1.54, 1.807) is 11.8 Å². The molecule has 1 unspecified atom stereocenters. The average molecular weight is 329 g/mol. The van der Waals surface area contributed by atoms with Crippen LogP contribution < -0.4 is 4.74 Å². The quantitative estimate of drug-likeness (QED) is 0.905. The standard InChI is InChI=1S/C19H23NO4/c1-18(17(22)23)7-4-9-20(12-18)16(21)14-11-19(14)8-10-24-15-6-3-2-5-13(15)19/h2-3,5-6,14H,4,7-12H2,1H3,(H,22,23)/t14-,18?,19-/m0/s1. The second-order valence-electron chi connectivity index (χ2n) is 7.74. The Morgan fingerprint density at radius 1 is 1.29 bits per heavy atom. The highest BCUT2D eigenvalue weighted by molar-refractivity contribution is 5.86. The first kappa shape index (κ1) is 15.5. The maximum absolute atomic E-state index is 13.0. The molecule has 1 aromatic carbocycles. The highest BCUT2D eigenvalue weighted by Gasteiger charge is 2.62. The molecule has 1 saturated carbocycles. The van der Waals surface area contributed by atoms with Gasteiger partial charge in [0.1, 0.15) is 5.75 Å². The SMILES string of the molecule is CC1(C(=O)O)CCCN(C(=O)[C@@H]2C[C@]23CCOc2ccccc23)C1. The number of likely N-dealkylation sites (tertiary alicyclic amines) is 1. The van der Waals surface area contributed by atoms with Crippen molar-refractivity contribution in [2.45, 2.75) is 38.0 Å². The molecule has 2 heterocycles. The zero-order chi connectivity index (χ0) is 16.9. The molecule has 3 aliphatic rings. The van der Waals surface area contributed by atoms with Gasteiger partial charge in [-0.2, -0.15) is 0 Å². The molecule has 1 amide bonds. The number of carboxylic acids is 1. The van der Waals surface area contributed by atoms with E-state index in [-0.39, 0.29) is 17.2 Å². The lowest BCUT2D eigenvalue weighted by Gasteiger charge is -2.38. The fourth-order valence-corrected chi connectivity index (χ4v) is 4.51. The van der Waals surface area contributed by atoms with E-state index in [2.05, 4.69) is 6.07 Å². The highest BCUT2D eigenvalue weighted by atomic mass is 16.5. The Morgan fingerprint density at radius 2 is 2.08 bits per heavy atom. The van der Waals surface area contributed by atoms with Crippen LogP contribution in [-0.2, 0) is 15.0 Å². The number of rotatable bonds is 2. The van der Waals surface area contributed by atoms with Crippen molar-refractivity contribution in [3.63, 3.8) is 0 Å². The average Bonchev–Trinajstić information content (AvgIpc) is 3.29. The number of hydrogen-bond acceptors (Lipinski definition) is 3. The first-order valence-electron chi connectivity index (χ1n) is 8.71. The molecule has 128 valence electrons. The monoisotopic (exact) mass is 329 g/mol. The number of carboxylic acid groups (broad SMARTS) is 1. The summed E-state index contributed by atoms with van der Waals surface area (Å²) in [5.41, 5.74) is 0.236. The smallest absolute Gasteiger partial charge is 0.311 e. The summed E-state index contributed by atoms with van der Waals surface area (Å²) in [5.74, 6) is 0.188. The second-order valence-corrected chi connectivity index (χ2v) is 7.74. The molecule has 0 radical (unpaired) electrons. The van der Waals surface area contributed by atoms with Crippen LogP contribution in [0, 0.1) is 11.3 Å². The number of ether oxygens (including phenoxy) is 1. The zero-order valence-corrected chi connectivity index (χ0v) is 14.0. The summed E-state index contributed by atoms with van der Waals surface area (Å²) in [7, 11) is 0. The van der Waals surface area contributed by atoms with Crippen LogP contribution in [0.1, 0.15) is 38.2 Å². The number of nitrogens with zero attached hydrogens (tertiary/aromatic N) is 1. The molecular weight excluding hydrogens is 306 g/mol. The van der Waals surface area contributed by atoms with Gasteiger partial charge in [0.05, 0.1) is 12.0 Å². The van der Waals surface area contributed by atoms with Crippen LogP contribution in [-0.4, -0.2) is 41.6 Å². The maximum Gasteiger partial charge on any atom is 0.311 e. The molecule has 0 aromatic heterocycles. The summed E-state index contributed by atoms with van der Waals surface area (Å²) in [5, 5.41) is 9.47. The van der Waals surface area contributed by atoms with E-state index in [0.717, 1.165) is 30.6 Å². The van der Waals surface area contributed by atoms with Gasteiger partial charge < -0.3 is 14.7 Å². The Bertz CT molecular complexity index is 702. The van der Waals surface area contributed by atoms with Crippen LogP contribution in [0.3, 0.4) is 0 Å². The van der Waals surface area contributed by atoms with E-state index < -0.39 is 11.4 Å². The molecule has 1 aromatic rings. The van der Waals surface area contributed by atoms with E-state index in [4.69, 9.17) is 4.74 Å². The molecule has 1 saturated heterocycles. The van der Waals surface area contributed by atoms with Crippen molar-refractivity contribution in [3.05, 3.63) is 29.8 Å². The van der Waals surface area contributed by atoms with Gasteiger partial charge in [-0.05, 0) is 38.7 Å². The van der Waals surface area contributed by atoms with Crippen molar-refractivity contribution in [1.29, 1.82) is 0 Å². The van der Waals surface area contributed by atoms with Crippen LogP contribution >= 0.6 is 0 Å². The lowest BCUT2D eigenvalue weighted by molar-refractivity contribution is -0.153. The molecule has 2 fully saturated rings. The fourth-order valence-electron chi connectivity index (χ4n) is 4.51. The number of para-hydroxylation sites is 1. The van der Waals surface area contributed by atoms with Crippen LogP contribution in [0.2, 0.25) is 0 Å². The summed E-state index contributed by atoms with van der Waals surface area (Å²) in [6.07, 6.45) is 3.11. The van der Waals surface area contributed by atoms with E-state index in [9.17, 15) is 14.7 Å². The number of piperidine rings is 1. The number of fused-ring (bicyclic) bond motifs is 2. The molecule has 5 nitrogen and oxygen atoms in total. The predicted octanol–water partition coefficient (Wildman–Crippen LogP) is 2.44. The van der Waals surface area contributed by atoms with Gasteiger partial charge in [0.25, 0.3) is 0 Å². The van der Waals surface area contributed by atoms with Crippen molar-refractivity contribution in [2.24, 2.45) is 11.3 Å². The molecule has 5 heteroatoms. The number of benzene rings is 1. The third-order valence-corrected chi connectivity index (χ3v) is 6.13. The lowest BCUT2D eigenvalue weighted by atomic mass is 9.81. The number of hydrogen-bond donors (Lipinski definition) is 1. The van der Waals surface area contributed by atoms with Gasteiger partial charge >= 0.3 is 5.97 Å². The maximum atomic E-state index is 13.0. The Kier molecular flexibility index (Phi) is 3.37. The third-order valence-electron chi connectivity index (χ3n) is 6.13. The molecule has 2 aliphatic heterocycles. The number of amides is 1. The minimum absolute atomic E-state index is 0.0290. The summed E-state index contributed by atoms with van der Waals surface area (Å²) in [6, 6.07) is 8.00. The van der Waals surface area contributed by atoms with Crippen molar-refractivity contribution >= 4 is 11.9 Å². The molecule has 4 rings (SSSR count). The molecular formula is C19H23NO4. The van der Waals surface area contributed by atoms with Crippen molar-refractivity contribution < 1.29 is 19.4 Å². The first-order valence-corrected chi connectivity index (χ1v) is 8.71. The Hall–Kier alpha value is -2.04. The minimum Gasteiger partial charge on any atom is -0.493 e. The molecule has 1 N–H and O–H groups in total. The first-order chi connectivity index (χ1) is 11.5. The van der Waals surface area contributed by atoms with Crippen LogP contribution in [0.4, 0.5) is 0 Å². The van der Waals surface area contributed by atoms with E-state index in [1.165, 1.54) is 0 Å². The van der Waals surface area contributed by atoms with Gasteiger partial charge in [-0.15, -0.1) is 0 Å². The van der Waals surface area contributed by atoms with E-state index >= 15 is 0 Å². The summed E-state index contributed by atoms with van der Waals surface area (Å²) >= 11 is 0. The topological polar surface area (TPSA) is 66.8 Å². The second kappa shape index (κ2) is 5.23. The Labute approximate surface area is 141 Å².